The summed E-state index contributed by atoms with van der Waals surface area (Å²) in [4.78, 5) is 0. The smallest absolute Gasteiger partial charge is 0.119 e. The first kappa shape index (κ1) is 20.3. The predicted molar refractivity (Wildman–Crippen MR) is 109 cm³/mol. The van der Waals surface area contributed by atoms with Crippen molar-refractivity contribution in [3.05, 3.63) is 29.3 Å². The molecule has 1 aliphatic carbocycles. The first-order chi connectivity index (χ1) is 11.8. The van der Waals surface area contributed by atoms with Crippen LogP contribution in [0.5, 0.6) is 5.75 Å². The van der Waals surface area contributed by atoms with Crippen LogP contribution < -0.4 is 0 Å². The van der Waals surface area contributed by atoms with E-state index in [0.29, 0.717) is 16.6 Å². The topological polar surface area (TPSA) is 20.2 Å². The van der Waals surface area contributed by atoms with E-state index < -0.39 is 0 Å². The number of hydrogen-bond donors (Lipinski definition) is 1. The number of rotatable bonds is 12. The third kappa shape index (κ3) is 7.42. The van der Waals surface area contributed by atoms with Crippen LogP contribution in [0.3, 0.4) is 0 Å². The van der Waals surface area contributed by atoms with Gasteiger partial charge in [-0.25, -0.2) is 0 Å². The fraction of sp³-hybridized carbons (Fsp3) is 0.750. The van der Waals surface area contributed by atoms with Crippen molar-refractivity contribution in [2.24, 2.45) is 10.8 Å². The van der Waals surface area contributed by atoms with E-state index in [0.717, 1.165) is 18.4 Å². The molecule has 0 aliphatic heterocycles. The summed E-state index contributed by atoms with van der Waals surface area (Å²) in [5.41, 5.74) is 3.59. The van der Waals surface area contributed by atoms with Gasteiger partial charge in [-0.15, -0.1) is 0 Å². The van der Waals surface area contributed by atoms with Crippen molar-refractivity contribution in [1.82, 2.24) is 0 Å². The molecule has 1 aliphatic rings. The molecule has 0 bridgehead atoms. The highest BCUT2D eigenvalue weighted by Gasteiger charge is 2.35. The van der Waals surface area contributed by atoms with Gasteiger partial charge in [-0.05, 0) is 79.4 Å². The van der Waals surface area contributed by atoms with Gasteiger partial charge in [-0.1, -0.05) is 65.5 Å². The van der Waals surface area contributed by atoms with Crippen molar-refractivity contribution in [2.45, 2.75) is 105 Å². The molecule has 1 saturated carbocycles. The van der Waals surface area contributed by atoms with Crippen LogP contribution in [-0.2, 0) is 12.8 Å². The van der Waals surface area contributed by atoms with Crippen molar-refractivity contribution in [1.29, 1.82) is 0 Å². The first-order valence-corrected chi connectivity index (χ1v) is 10.6. The van der Waals surface area contributed by atoms with Crippen LogP contribution in [0.1, 0.15) is 103 Å². The Morgan fingerprint density at radius 3 is 2.36 bits per heavy atom. The van der Waals surface area contributed by atoms with Crippen LogP contribution in [0.25, 0.3) is 0 Å². The maximum Gasteiger partial charge on any atom is 0.119 e. The summed E-state index contributed by atoms with van der Waals surface area (Å²) in [6, 6.07) is 6.39. The van der Waals surface area contributed by atoms with Gasteiger partial charge in [0.2, 0.25) is 0 Å². The Kier molecular flexibility index (Phi) is 7.40. The van der Waals surface area contributed by atoms with Gasteiger partial charge in [0.25, 0.3) is 0 Å². The second-order valence-corrected chi connectivity index (χ2v) is 9.56. The van der Waals surface area contributed by atoms with Crippen LogP contribution in [0.15, 0.2) is 18.2 Å². The van der Waals surface area contributed by atoms with Crippen molar-refractivity contribution >= 4 is 0 Å². The second kappa shape index (κ2) is 9.10. The fourth-order valence-electron chi connectivity index (χ4n) is 3.59. The lowest BCUT2D eigenvalue weighted by atomic mass is 9.84. The predicted octanol–water partition coefficient (Wildman–Crippen LogP) is 7.44. The number of phenolic OH excluding ortho intramolecular Hbond substituents is 1. The third-order valence-electron chi connectivity index (χ3n) is 6.51. The van der Waals surface area contributed by atoms with Gasteiger partial charge in [0, 0.05) is 0 Å². The molecule has 0 spiro atoms. The Balaban J connectivity index is 1.64. The number of unbranched alkanes of at least 4 members (excludes halogenated alkanes) is 3. The van der Waals surface area contributed by atoms with E-state index in [-0.39, 0.29) is 0 Å². The Hall–Kier alpha value is -0.980. The number of hydrogen-bond acceptors (Lipinski definition) is 1. The molecule has 2 rings (SSSR count). The lowest BCUT2D eigenvalue weighted by Gasteiger charge is -2.22. The molecule has 1 heteroatoms. The van der Waals surface area contributed by atoms with Crippen LogP contribution in [0, 0.1) is 10.8 Å². The molecule has 0 atom stereocenters. The Labute approximate surface area is 156 Å². The minimum Gasteiger partial charge on any atom is -0.508 e. The van der Waals surface area contributed by atoms with E-state index >= 15 is 0 Å². The van der Waals surface area contributed by atoms with Crippen LogP contribution in [0.2, 0.25) is 0 Å². The van der Waals surface area contributed by atoms with Gasteiger partial charge in [-0.2, -0.15) is 0 Å². The lowest BCUT2D eigenvalue weighted by Crippen LogP contribution is -2.08. The molecule has 0 unspecified atom stereocenters. The highest BCUT2D eigenvalue weighted by molar-refractivity contribution is 5.36. The molecule has 0 radical (unpaired) electrons. The minimum atomic E-state index is 0.487. The summed E-state index contributed by atoms with van der Waals surface area (Å²) in [6.07, 6.45) is 15.3. The number of phenols is 1. The molecule has 1 aromatic rings. The van der Waals surface area contributed by atoms with Crippen molar-refractivity contribution < 1.29 is 5.11 Å². The summed E-state index contributed by atoms with van der Waals surface area (Å²) >= 11 is 0. The number of benzene rings is 1. The molecule has 1 fully saturated rings. The van der Waals surface area contributed by atoms with E-state index in [1.54, 1.807) is 0 Å². The van der Waals surface area contributed by atoms with Gasteiger partial charge in [0.1, 0.15) is 5.75 Å². The van der Waals surface area contributed by atoms with Crippen LogP contribution >= 0.6 is 0 Å². The van der Waals surface area contributed by atoms with Crippen molar-refractivity contribution in [3.63, 3.8) is 0 Å². The average Bonchev–Trinajstić information content (AvgIpc) is 3.31. The summed E-state index contributed by atoms with van der Waals surface area (Å²) in [5.74, 6) is 0.514. The van der Waals surface area contributed by atoms with E-state index in [1.807, 2.05) is 6.07 Å². The molecule has 1 N–H and O–H groups in total. The maximum absolute atomic E-state index is 10.3. The second-order valence-electron chi connectivity index (χ2n) is 9.56. The van der Waals surface area contributed by atoms with Gasteiger partial charge in [-0.3, -0.25) is 0 Å². The normalized spacial score (nSPS) is 16.2. The molecule has 142 valence electrons. The molecule has 25 heavy (non-hydrogen) atoms. The zero-order valence-corrected chi connectivity index (χ0v) is 17.2. The van der Waals surface area contributed by atoms with Gasteiger partial charge in [0.05, 0.1) is 0 Å². The highest BCUT2D eigenvalue weighted by Crippen LogP contribution is 2.49. The third-order valence-corrected chi connectivity index (χ3v) is 6.51. The molecule has 0 aromatic heterocycles. The molecular formula is C24H40O. The van der Waals surface area contributed by atoms with Crippen molar-refractivity contribution in [2.75, 3.05) is 0 Å². The summed E-state index contributed by atoms with van der Waals surface area (Å²) < 4.78 is 0. The zero-order chi connectivity index (χ0) is 18.3. The summed E-state index contributed by atoms with van der Waals surface area (Å²) in [7, 11) is 0. The van der Waals surface area contributed by atoms with Gasteiger partial charge >= 0.3 is 0 Å². The molecule has 0 amide bonds. The number of aromatic hydroxyl groups is 1. The quantitative estimate of drug-likeness (QED) is 0.390. The Morgan fingerprint density at radius 2 is 1.72 bits per heavy atom. The largest absolute Gasteiger partial charge is 0.508 e. The zero-order valence-electron chi connectivity index (χ0n) is 17.2. The standard InChI is InChI=1S/C24H40O/c1-5-23(2,3)15-9-6-7-12-21-14-13-20(19-22(21)25)11-8-10-16-24(4)17-18-24/h13-14,19,25H,5-12,15-18H2,1-4H3. The van der Waals surface area contributed by atoms with E-state index in [4.69, 9.17) is 0 Å². The average molecular weight is 345 g/mol. The molecule has 1 nitrogen and oxygen atoms in total. The Bertz CT molecular complexity index is 525. The summed E-state index contributed by atoms with van der Waals surface area (Å²) in [6.45, 7) is 9.42. The van der Waals surface area contributed by atoms with Gasteiger partial charge < -0.3 is 5.11 Å². The SMILES string of the molecule is CCC(C)(C)CCCCCc1ccc(CCCCC2(C)CC2)cc1O. The number of aryl methyl sites for hydroxylation is 2. The van der Waals surface area contributed by atoms with Crippen LogP contribution in [-0.4, -0.2) is 5.11 Å². The monoisotopic (exact) mass is 344 g/mol. The maximum atomic E-state index is 10.3. The van der Waals surface area contributed by atoms with Gasteiger partial charge in [0.15, 0.2) is 0 Å². The van der Waals surface area contributed by atoms with Crippen LogP contribution in [0.4, 0.5) is 0 Å². The highest BCUT2D eigenvalue weighted by atomic mass is 16.3. The fourth-order valence-corrected chi connectivity index (χ4v) is 3.59. The first-order valence-electron chi connectivity index (χ1n) is 10.6. The lowest BCUT2D eigenvalue weighted by molar-refractivity contribution is 0.308. The molecule has 1 aromatic carbocycles. The summed E-state index contributed by atoms with van der Waals surface area (Å²) in [5, 5.41) is 10.3. The van der Waals surface area contributed by atoms with E-state index in [1.165, 1.54) is 69.8 Å². The van der Waals surface area contributed by atoms with Crippen molar-refractivity contribution in [3.8, 4) is 5.75 Å². The van der Waals surface area contributed by atoms with E-state index in [9.17, 15) is 5.11 Å². The molecular weight excluding hydrogens is 304 g/mol. The molecule has 0 saturated heterocycles. The minimum absolute atomic E-state index is 0.487. The molecule has 0 heterocycles. The van der Waals surface area contributed by atoms with E-state index in [2.05, 4.69) is 39.8 Å². The Morgan fingerprint density at radius 1 is 1.00 bits per heavy atom.